The lowest BCUT2D eigenvalue weighted by Gasteiger charge is -2.02. The number of halogens is 1. The number of hydrogen-bond donors (Lipinski definition) is 1. The van der Waals surface area contributed by atoms with Crippen LogP contribution >= 0.6 is 23.1 Å². The lowest BCUT2D eigenvalue weighted by Crippen LogP contribution is -1.87. The van der Waals surface area contributed by atoms with Gasteiger partial charge in [-0.3, -0.25) is 0 Å². The van der Waals surface area contributed by atoms with Crippen molar-refractivity contribution in [3.63, 3.8) is 0 Å². The number of thioether (sulfide) groups is 1. The zero-order valence-electron chi connectivity index (χ0n) is 7.94. The number of anilines is 1. The van der Waals surface area contributed by atoms with Crippen LogP contribution in [-0.4, -0.2) is 0 Å². The lowest BCUT2D eigenvalue weighted by atomic mass is 10.3. The molecule has 0 radical (unpaired) electrons. The van der Waals surface area contributed by atoms with Gasteiger partial charge in [-0.05, 0) is 40.6 Å². The first-order valence-electron chi connectivity index (χ1n) is 4.44. The Hall–Kier alpha value is -1.00. The molecule has 2 N–H and O–H groups in total. The predicted molar refractivity (Wildman–Crippen MR) is 64.7 cm³/mol. The van der Waals surface area contributed by atoms with Crippen molar-refractivity contribution >= 4 is 28.8 Å². The molecule has 0 bridgehead atoms. The maximum Gasteiger partial charge on any atom is 0.126 e. The molecule has 1 nitrogen and oxygen atoms in total. The fraction of sp³-hybridized carbons (Fsp3) is 0.0909. The summed E-state index contributed by atoms with van der Waals surface area (Å²) in [7, 11) is 0. The van der Waals surface area contributed by atoms with E-state index in [-0.39, 0.29) is 5.82 Å². The Morgan fingerprint density at radius 3 is 2.87 bits per heavy atom. The van der Waals surface area contributed by atoms with Gasteiger partial charge in [-0.15, -0.1) is 11.8 Å². The van der Waals surface area contributed by atoms with Gasteiger partial charge < -0.3 is 5.73 Å². The Morgan fingerprint density at radius 1 is 1.33 bits per heavy atom. The minimum absolute atomic E-state index is 0.275. The van der Waals surface area contributed by atoms with Crippen LogP contribution in [0.25, 0.3) is 0 Å². The molecular formula is C11H10FNS2. The highest BCUT2D eigenvalue weighted by atomic mass is 32.2. The summed E-state index contributed by atoms with van der Waals surface area (Å²) in [4.78, 5) is 0.874. The van der Waals surface area contributed by atoms with Crippen molar-refractivity contribution in [2.45, 2.75) is 10.6 Å². The minimum atomic E-state index is -0.275. The normalized spacial score (nSPS) is 10.5. The van der Waals surface area contributed by atoms with Crippen molar-refractivity contribution < 1.29 is 4.39 Å². The molecule has 2 rings (SSSR count). The Kier molecular flexibility index (Phi) is 3.28. The molecule has 0 saturated heterocycles. The summed E-state index contributed by atoms with van der Waals surface area (Å²) in [6.07, 6.45) is 0. The molecule has 2 aromatic rings. The van der Waals surface area contributed by atoms with Crippen molar-refractivity contribution in [2.24, 2.45) is 0 Å². The van der Waals surface area contributed by atoms with Crippen molar-refractivity contribution in [2.75, 3.05) is 5.73 Å². The van der Waals surface area contributed by atoms with E-state index < -0.39 is 0 Å². The Morgan fingerprint density at radius 2 is 2.20 bits per heavy atom. The summed E-state index contributed by atoms with van der Waals surface area (Å²) >= 11 is 3.26. The monoisotopic (exact) mass is 239 g/mol. The first-order valence-corrected chi connectivity index (χ1v) is 6.37. The third-order valence-electron chi connectivity index (χ3n) is 1.88. The largest absolute Gasteiger partial charge is 0.399 e. The highest BCUT2D eigenvalue weighted by Crippen LogP contribution is 2.26. The number of benzene rings is 1. The van der Waals surface area contributed by atoms with Gasteiger partial charge in [0.2, 0.25) is 0 Å². The van der Waals surface area contributed by atoms with E-state index in [9.17, 15) is 4.39 Å². The second-order valence-electron chi connectivity index (χ2n) is 3.14. The molecule has 0 amide bonds. The number of thiophene rings is 1. The summed E-state index contributed by atoms with van der Waals surface area (Å²) in [5.74, 6) is 0.578. The van der Waals surface area contributed by atoms with Crippen LogP contribution in [0.15, 0.2) is 39.9 Å². The molecule has 1 heterocycles. The fourth-order valence-electron chi connectivity index (χ4n) is 1.21. The van der Waals surface area contributed by atoms with E-state index >= 15 is 0 Å². The standard InChI is InChI=1S/C11H10FNS2/c12-9-3-10(13)5-11(4-9)15-7-8-1-2-14-6-8/h1-6H,7,13H2. The minimum Gasteiger partial charge on any atom is -0.399 e. The van der Waals surface area contributed by atoms with E-state index in [0.717, 1.165) is 10.6 Å². The van der Waals surface area contributed by atoms with Crippen molar-refractivity contribution in [1.82, 2.24) is 0 Å². The van der Waals surface area contributed by atoms with Crippen LogP contribution in [0.3, 0.4) is 0 Å². The fourth-order valence-corrected chi connectivity index (χ4v) is 2.91. The van der Waals surface area contributed by atoms with Crippen LogP contribution in [0.4, 0.5) is 10.1 Å². The second-order valence-corrected chi connectivity index (χ2v) is 4.97. The van der Waals surface area contributed by atoms with Crippen molar-refractivity contribution in [3.05, 3.63) is 46.4 Å². The second kappa shape index (κ2) is 4.68. The first kappa shape index (κ1) is 10.5. The van der Waals surface area contributed by atoms with Crippen LogP contribution in [0.2, 0.25) is 0 Å². The molecule has 0 saturated carbocycles. The average molecular weight is 239 g/mol. The summed E-state index contributed by atoms with van der Waals surface area (Å²) in [6, 6.07) is 6.70. The molecule has 0 aliphatic heterocycles. The summed E-state index contributed by atoms with van der Waals surface area (Å²) in [5.41, 5.74) is 7.29. The molecule has 4 heteroatoms. The number of hydrogen-bond acceptors (Lipinski definition) is 3. The van der Waals surface area contributed by atoms with Gasteiger partial charge in [0, 0.05) is 16.3 Å². The molecule has 78 valence electrons. The summed E-state index contributed by atoms with van der Waals surface area (Å²) < 4.78 is 13.0. The van der Waals surface area contributed by atoms with Crippen LogP contribution < -0.4 is 5.73 Å². The third kappa shape index (κ3) is 2.97. The highest BCUT2D eigenvalue weighted by Gasteiger charge is 2.00. The van der Waals surface area contributed by atoms with Gasteiger partial charge in [0.1, 0.15) is 5.82 Å². The van der Waals surface area contributed by atoms with Gasteiger partial charge in [0.05, 0.1) is 0 Å². The van der Waals surface area contributed by atoms with Gasteiger partial charge in [0.15, 0.2) is 0 Å². The molecule has 1 aromatic carbocycles. The van der Waals surface area contributed by atoms with Crippen LogP contribution in [0, 0.1) is 5.82 Å². The molecule has 0 aliphatic carbocycles. The van der Waals surface area contributed by atoms with E-state index in [4.69, 9.17) is 5.73 Å². The maximum atomic E-state index is 13.0. The third-order valence-corrected chi connectivity index (χ3v) is 3.66. The number of nitrogen functional groups attached to an aromatic ring is 1. The molecule has 15 heavy (non-hydrogen) atoms. The SMILES string of the molecule is Nc1cc(F)cc(SCc2ccsc2)c1. The van der Waals surface area contributed by atoms with Gasteiger partial charge in [-0.1, -0.05) is 0 Å². The molecule has 0 fully saturated rings. The average Bonchev–Trinajstić information content (AvgIpc) is 2.65. The molecule has 0 spiro atoms. The Bertz CT molecular complexity index is 420. The zero-order valence-corrected chi connectivity index (χ0v) is 9.58. The molecular weight excluding hydrogens is 229 g/mol. The molecule has 0 aliphatic rings. The van der Waals surface area contributed by atoms with Crippen LogP contribution in [0.1, 0.15) is 5.56 Å². The van der Waals surface area contributed by atoms with Gasteiger partial charge in [-0.25, -0.2) is 4.39 Å². The first-order chi connectivity index (χ1) is 7.24. The van der Waals surface area contributed by atoms with Crippen LogP contribution in [-0.2, 0) is 5.75 Å². The van der Waals surface area contributed by atoms with Crippen molar-refractivity contribution in [3.8, 4) is 0 Å². The Balaban J connectivity index is 2.05. The van der Waals surface area contributed by atoms with E-state index in [1.54, 1.807) is 29.2 Å². The maximum absolute atomic E-state index is 13.0. The predicted octanol–water partition coefficient (Wildman–Crippen LogP) is 3.76. The van der Waals surface area contributed by atoms with E-state index in [2.05, 4.69) is 11.4 Å². The topological polar surface area (TPSA) is 26.0 Å². The van der Waals surface area contributed by atoms with Crippen molar-refractivity contribution in [1.29, 1.82) is 0 Å². The smallest absolute Gasteiger partial charge is 0.126 e. The van der Waals surface area contributed by atoms with Crippen LogP contribution in [0.5, 0.6) is 0 Å². The van der Waals surface area contributed by atoms with E-state index in [1.165, 1.54) is 17.7 Å². The summed E-state index contributed by atoms with van der Waals surface area (Å²) in [6.45, 7) is 0. The molecule has 1 aromatic heterocycles. The van der Waals surface area contributed by atoms with E-state index in [1.807, 2.05) is 5.38 Å². The lowest BCUT2D eigenvalue weighted by molar-refractivity contribution is 0.625. The van der Waals surface area contributed by atoms with Gasteiger partial charge in [0.25, 0.3) is 0 Å². The zero-order chi connectivity index (χ0) is 10.7. The highest BCUT2D eigenvalue weighted by molar-refractivity contribution is 7.98. The molecule has 0 unspecified atom stereocenters. The van der Waals surface area contributed by atoms with Gasteiger partial charge in [-0.2, -0.15) is 11.3 Å². The Labute approximate surface area is 96.1 Å². The summed E-state index contributed by atoms with van der Waals surface area (Å²) in [5, 5.41) is 4.13. The molecule has 0 atom stereocenters. The van der Waals surface area contributed by atoms with E-state index in [0.29, 0.717) is 5.69 Å². The quantitative estimate of drug-likeness (QED) is 0.652. The number of rotatable bonds is 3. The van der Waals surface area contributed by atoms with Gasteiger partial charge >= 0.3 is 0 Å². The number of nitrogens with two attached hydrogens (primary N) is 1.